The van der Waals surface area contributed by atoms with Gasteiger partial charge >= 0.3 is 0 Å². The fourth-order valence-corrected chi connectivity index (χ4v) is 1.49. The van der Waals surface area contributed by atoms with Gasteiger partial charge in [-0.05, 0) is 37.3 Å². The molecule has 0 radical (unpaired) electrons. The fraction of sp³-hybridized carbons (Fsp3) is 0.154. The second kappa shape index (κ2) is 5.32. The van der Waals surface area contributed by atoms with Crippen molar-refractivity contribution in [2.24, 2.45) is 5.73 Å². The molecule has 0 saturated heterocycles. The normalized spacial score (nSPS) is 12.8. The molecule has 4 nitrogen and oxygen atoms in total. The number of nitrogens with two attached hydrogens (primary N) is 1. The molecule has 1 unspecified atom stereocenters. The molecule has 0 spiro atoms. The van der Waals surface area contributed by atoms with Crippen LogP contribution in [0.25, 0.3) is 5.69 Å². The van der Waals surface area contributed by atoms with Crippen LogP contribution in [0, 0.1) is 0 Å². The standard InChI is InChI=1S/C13H15N3O/c1-2-3-13(14)17-12-6-4-11(5-7-12)16-9-8-15-10-16/h2-10,13H,14H2,1H3. The summed E-state index contributed by atoms with van der Waals surface area (Å²) in [5.41, 5.74) is 6.76. The quantitative estimate of drug-likeness (QED) is 0.645. The lowest BCUT2D eigenvalue weighted by atomic mass is 10.3. The number of nitrogens with zero attached hydrogens (tertiary/aromatic N) is 2. The average Bonchev–Trinajstić information content (AvgIpc) is 2.84. The molecule has 4 heteroatoms. The van der Waals surface area contributed by atoms with E-state index in [2.05, 4.69) is 4.98 Å². The average molecular weight is 229 g/mol. The zero-order valence-electron chi connectivity index (χ0n) is 9.65. The van der Waals surface area contributed by atoms with Crippen molar-refractivity contribution in [2.75, 3.05) is 0 Å². The largest absolute Gasteiger partial charge is 0.472 e. The van der Waals surface area contributed by atoms with Crippen LogP contribution in [0.4, 0.5) is 0 Å². The van der Waals surface area contributed by atoms with Crippen LogP contribution < -0.4 is 10.5 Å². The lowest BCUT2D eigenvalue weighted by Gasteiger charge is -2.11. The molecule has 1 atom stereocenters. The van der Waals surface area contributed by atoms with Crippen molar-refractivity contribution < 1.29 is 4.74 Å². The predicted molar refractivity (Wildman–Crippen MR) is 67.0 cm³/mol. The Morgan fingerprint density at radius 3 is 2.71 bits per heavy atom. The summed E-state index contributed by atoms with van der Waals surface area (Å²) in [6.45, 7) is 1.91. The van der Waals surface area contributed by atoms with E-state index in [0.29, 0.717) is 0 Å². The third-order valence-electron chi connectivity index (χ3n) is 2.29. The Balaban J connectivity index is 2.08. The van der Waals surface area contributed by atoms with Crippen LogP contribution >= 0.6 is 0 Å². The number of rotatable bonds is 4. The third kappa shape index (κ3) is 2.95. The van der Waals surface area contributed by atoms with Crippen molar-refractivity contribution in [2.45, 2.75) is 13.2 Å². The summed E-state index contributed by atoms with van der Waals surface area (Å²) >= 11 is 0. The number of hydrogen-bond acceptors (Lipinski definition) is 3. The minimum absolute atomic E-state index is 0.404. The first-order valence-electron chi connectivity index (χ1n) is 5.43. The van der Waals surface area contributed by atoms with Gasteiger partial charge in [0.05, 0.1) is 6.33 Å². The van der Waals surface area contributed by atoms with Gasteiger partial charge in [0.1, 0.15) is 5.75 Å². The van der Waals surface area contributed by atoms with E-state index < -0.39 is 6.23 Å². The van der Waals surface area contributed by atoms with E-state index in [4.69, 9.17) is 10.5 Å². The van der Waals surface area contributed by atoms with Crippen molar-refractivity contribution in [3.63, 3.8) is 0 Å². The second-order valence-electron chi connectivity index (χ2n) is 3.57. The van der Waals surface area contributed by atoms with Crippen LogP contribution in [0.2, 0.25) is 0 Å². The summed E-state index contributed by atoms with van der Waals surface area (Å²) in [6, 6.07) is 7.69. The Kier molecular flexibility index (Phi) is 3.57. The van der Waals surface area contributed by atoms with Crippen molar-refractivity contribution in [3.8, 4) is 11.4 Å². The second-order valence-corrected chi connectivity index (χ2v) is 3.57. The van der Waals surface area contributed by atoms with Gasteiger partial charge in [0.25, 0.3) is 0 Å². The Hall–Kier alpha value is -2.07. The molecule has 1 aromatic carbocycles. The van der Waals surface area contributed by atoms with Crippen molar-refractivity contribution in [1.82, 2.24) is 9.55 Å². The van der Waals surface area contributed by atoms with Crippen LogP contribution in [-0.4, -0.2) is 15.8 Å². The highest BCUT2D eigenvalue weighted by Gasteiger charge is 2.00. The van der Waals surface area contributed by atoms with Crippen LogP contribution in [0.3, 0.4) is 0 Å². The number of hydrogen-bond donors (Lipinski definition) is 1. The molecule has 0 bridgehead atoms. The summed E-state index contributed by atoms with van der Waals surface area (Å²) < 4.78 is 7.42. The van der Waals surface area contributed by atoms with Crippen LogP contribution in [0.5, 0.6) is 5.75 Å². The minimum Gasteiger partial charge on any atom is -0.472 e. The van der Waals surface area contributed by atoms with E-state index in [1.54, 1.807) is 18.6 Å². The maximum absolute atomic E-state index is 5.72. The fourth-order valence-electron chi connectivity index (χ4n) is 1.49. The first kappa shape index (κ1) is 11.4. The molecule has 2 aromatic rings. The van der Waals surface area contributed by atoms with Gasteiger partial charge in [0, 0.05) is 18.1 Å². The molecule has 0 saturated carbocycles. The molecule has 17 heavy (non-hydrogen) atoms. The van der Waals surface area contributed by atoms with E-state index in [-0.39, 0.29) is 0 Å². The van der Waals surface area contributed by atoms with Gasteiger partial charge in [-0.2, -0.15) is 0 Å². The van der Waals surface area contributed by atoms with Crippen LogP contribution in [0.15, 0.2) is 55.1 Å². The summed E-state index contributed by atoms with van der Waals surface area (Å²) in [5, 5.41) is 0. The summed E-state index contributed by atoms with van der Waals surface area (Å²) in [7, 11) is 0. The van der Waals surface area contributed by atoms with Gasteiger partial charge in [0.2, 0.25) is 0 Å². The molecule has 0 aliphatic heterocycles. The summed E-state index contributed by atoms with van der Waals surface area (Å²) in [6.07, 6.45) is 8.64. The van der Waals surface area contributed by atoms with Gasteiger partial charge in [-0.25, -0.2) is 4.98 Å². The Labute approximate surface area is 100 Å². The van der Waals surface area contributed by atoms with E-state index in [1.165, 1.54) is 0 Å². The smallest absolute Gasteiger partial charge is 0.167 e. The summed E-state index contributed by atoms with van der Waals surface area (Å²) in [4.78, 5) is 4.00. The number of benzene rings is 1. The zero-order valence-corrected chi connectivity index (χ0v) is 9.65. The molecule has 2 rings (SSSR count). The van der Waals surface area contributed by atoms with Gasteiger partial charge in [0.15, 0.2) is 6.23 Å². The highest BCUT2D eigenvalue weighted by atomic mass is 16.5. The highest BCUT2D eigenvalue weighted by Crippen LogP contribution is 2.15. The van der Waals surface area contributed by atoms with E-state index >= 15 is 0 Å². The Morgan fingerprint density at radius 2 is 2.12 bits per heavy atom. The number of aromatic nitrogens is 2. The van der Waals surface area contributed by atoms with E-state index in [1.807, 2.05) is 48.0 Å². The van der Waals surface area contributed by atoms with Crippen molar-refractivity contribution in [3.05, 3.63) is 55.1 Å². The van der Waals surface area contributed by atoms with Crippen molar-refractivity contribution >= 4 is 0 Å². The molecule has 1 heterocycles. The number of imidazole rings is 1. The first-order chi connectivity index (χ1) is 8.29. The molecule has 2 N–H and O–H groups in total. The SMILES string of the molecule is CC=CC(N)Oc1ccc(-n2ccnc2)cc1. The van der Waals surface area contributed by atoms with E-state index in [0.717, 1.165) is 11.4 Å². The maximum Gasteiger partial charge on any atom is 0.167 e. The zero-order chi connectivity index (χ0) is 12.1. The highest BCUT2D eigenvalue weighted by molar-refractivity contribution is 5.37. The maximum atomic E-state index is 5.72. The number of ether oxygens (including phenoxy) is 1. The molecule has 0 aliphatic carbocycles. The first-order valence-corrected chi connectivity index (χ1v) is 5.43. The van der Waals surface area contributed by atoms with Gasteiger partial charge in [-0.1, -0.05) is 6.08 Å². The van der Waals surface area contributed by atoms with E-state index in [9.17, 15) is 0 Å². The van der Waals surface area contributed by atoms with Gasteiger partial charge in [-0.3, -0.25) is 5.73 Å². The molecule has 88 valence electrons. The van der Waals surface area contributed by atoms with Crippen molar-refractivity contribution in [1.29, 1.82) is 0 Å². The third-order valence-corrected chi connectivity index (χ3v) is 2.29. The topological polar surface area (TPSA) is 53.1 Å². The molecule has 0 aliphatic rings. The minimum atomic E-state index is -0.404. The molecule has 0 fully saturated rings. The van der Waals surface area contributed by atoms with Gasteiger partial charge < -0.3 is 9.30 Å². The molecular formula is C13H15N3O. The monoisotopic (exact) mass is 229 g/mol. The number of allylic oxidation sites excluding steroid dienone is 1. The Bertz CT molecular complexity index is 474. The van der Waals surface area contributed by atoms with Crippen LogP contribution in [0.1, 0.15) is 6.92 Å². The van der Waals surface area contributed by atoms with Crippen LogP contribution in [-0.2, 0) is 0 Å². The molecule has 0 amide bonds. The lowest BCUT2D eigenvalue weighted by Crippen LogP contribution is -2.24. The van der Waals surface area contributed by atoms with Gasteiger partial charge in [-0.15, -0.1) is 0 Å². The summed E-state index contributed by atoms with van der Waals surface area (Å²) in [5.74, 6) is 0.750. The lowest BCUT2D eigenvalue weighted by molar-refractivity contribution is 0.257. The Morgan fingerprint density at radius 1 is 1.35 bits per heavy atom. The molecule has 1 aromatic heterocycles. The predicted octanol–water partition coefficient (Wildman–Crippen LogP) is 2.11. The molecular weight excluding hydrogens is 214 g/mol.